The molecular formula is C25H30FNO6. The van der Waals surface area contributed by atoms with Gasteiger partial charge in [-0.15, -0.1) is 0 Å². The van der Waals surface area contributed by atoms with Crippen LogP contribution in [0.2, 0.25) is 0 Å². The first kappa shape index (κ1) is 24.6. The number of carbonyl (C=O) groups excluding carboxylic acids is 3. The molecule has 0 unspecified atom stereocenters. The normalized spacial score (nSPS) is 22.8. The molecule has 0 spiro atoms. The summed E-state index contributed by atoms with van der Waals surface area (Å²) >= 11 is 0. The van der Waals surface area contributed by atoms with E-state index in [4.69, 9.17) is 14.2 Å². The van der Waals surface area contributed by atoms with Crippen molar-refractivity contribution in [2.24, 2.45) is 11.8 Å². The molecule has 1 aliphatic heterocycles. The van der Waals surface area contributed by atoms with E-state index in [0.29, 0.717) is 29.0 Å². The van der Waals surface area contributed by atoms with Crippen molar-refractivity contribution in [3.8, 4) is 0 Å². The summed E-state index contributed by atoms with van der Waals surface area (Å²) in [6, 6.07) is 5.63. The highest BCUT2D eigenvalue weighted by Gasteiger charge is 2.47. The summed E-state index contributed by atoms with van der Waals surface area (Å²) in [5, 5.41) is 3.19. The lowest BCUT2D eigenvalue weighted by atomic mass is 9.69. The van der Waals surface area contributed by atoms with Gasteiger partial charge in [-0.1, -0.05) is 19.1 Å². The Morgan fingerprint density at radius 2 is 1.85 bits per heavy atom. The molecule has 0 fully saturated rings. The molecule has 1 N–H and O–H groups in total. The van der Waals surface area contributed by atoms with Crippen LogP contribution < -0.4 is 5.32 Å². The number of ketones is 1. The lowest BCUT2D eigenvalue weighted by Gasteiger charge is -2.38. The highest BCUT2D eigenvalue weighted by atomic mass is 19.1. The maximum absolute atomic E-state index is 13.7. The summed E-state index contributed by atoms with van der Waals surface area (Å²) in [7, 11) is 1.24. The smallest absolute Gasteiger partial charge is 0.336 e. The second-order valence-corrected chi connectivity index (χ2v) is 8.64. The molecule has 1 aromatic carbocycles. The number of hydrogen-bond acceptors (Lipinski definition) is 7. The van der Waals surface area contributed by atoms with Crippen LogP contribution in [-0.4, -0.2) is 44.1 Å². The van der Waals surface area contributed by atoms with Crippen LogP contribution in [0.15, 0.2) is 46.8 Å². The Balaban J connectivity index is 2.02. The largest absolute Gasteiger partial charge is 0.468 e. The molecule has 3 atom stereocenters. The molecule has 7 nitrogen and oxygen atoms in total. The molecular weight excluding hydrogens is 429 g/mol. The highest BCUT2D eigenvalue weighted by Crippen LogP contribution is 2.45. The molecule has 0 radical (unpaired) electrons. The maximum Gasteiger partial charge on any atom is 0.336 e. The third-order valence-electron chi connectivity index (χ3n) is 5.93. The Morgan fingerprint density at radius 1 is 1.18 bits per heavy atom. The van der Waals surface area contributed by atoms with Crippen molar-refractivity contribution in [2.45, 2.75) is 46.1 Å². The van der Waals surface area contributed by atoms with Crippen molar-refractivity contribution < 1.29 is 33.0 Å². The van der Waals surface area contributed by atoms with Crippen LogP contribution in [0.25, 0.3) is 0 Å². The summed E-state index contributed by atoms with van der Waals surface area (Å²) in [5.74, 6) is -4.11. The van der Waals surface area contributed by atoms with Crippen LogP contribution in [0.5, 0.6) is 0 Å². The fraction of sp³-hybridized carbons (Fsp3) is 0.480. The molecule has 1 aliphatic carbocycles. The molecule has 0 saturated carbocycles. The SMILES string of the molecule is COC(=O)[C@H]1C(=O)C2=C(C[C@H]1C)NC(C)=C(C(=O)OCCOC(C)C)[C@@H]2c1ccc(F)cc1. The summed E-state index contributed by atoms with van der Waals surface area (Å²) in [5.41, 5.74) is 2.32. The van der Waals surface area contributed by atoms with E-state index in [1.807, 2.05) is 20.8 Å². The van der Waals surface area contributed by atoms with E-state index in [1.54, 1.807) is 6.92 Å². The number of rotatable bonds is 7. The van der Waals surface area contributed by atoms with E-state index >= 15 is 0 Å². The van der Waals surface area contributed by atoms with Crippen LogP contribution in [0, 0.1) is 17.7 Å². The zero-order valence-corrected chi connectivity index (χ0v) is 19.6. The lowest BCUT2D eigenvalue weighted by Crippen LogP contribution is -2.43. The van der Waals surface area contributed by atoms with Crippen molar-refractivity contribution in [3.63, 3.8) is 0 Å². The number of hydrogen-bond donors (Lipinski definition) is 1. The molecule has 1 aromatic rings. The van der Waals surface area contributed by atoms with E-state index in [1.165, 1.54) is 31.4 Å². The van der Waals surface area contributed by atoms with Gasteiger partial charge >= 0.3 is 11.9 Å². The summed E-state index contributed by atoms with van der Waals surface area (Å²) in [6.07, 6.45) is 0.429. The van der Waals surface area contributed by atoms with Gasteiger partial charge in [-0.2, -0.15) is 0 Å². The van der Waals surface area contributed by atoms with Crippen LogP contribution in [0.3, 0.4) is 0 Å². The van der Waals surface area contributed by atoms with Crippen molar-refractivity contribution in [1.29, 1.82) is 0 Å². The zero-order chi connectivity index (χ0) is 24.3. The Hall–Kier alpha value is -3.00. The van der Waals surface area contributed by atoms with Crippen molar-refractivity contribution in [2.75, 3.05) is 20.3 Å². The minimum atomic E-state index is -0.978. The highest BCUT2D eigenvalue weighted by molar-refractivity contribution is 6.12. The monoisotopic (exact) mass is 459 g/mol. The van der Waals surface area contributed by atoms with Gasteiger partial charge in [-0.05, 0) is 50.8 Å². The second kappa shape index (κ2) is 10.3. The van der Waals surface area contributed by atoms with Gasteiger partial charge in [0.2, 0.25) is 0 Å². The second-order valence-electron chi connectivity index (χ2n) is 8.64. The quantitative estimate of drug-likeness (QED) is 0.380. The molecule has 3 rings (SSSR count). The van der Waals surface area contributed by atoms with Crippen molar-refractivity contribution >= 4 is 17.7 Å². The molecule has 2 aliphatic rings. The van der Waals surface area contributed by atoms with E-state index in [-0.39, 0.29) is 30.8 Å². The van der Waals surface area contributed by atoms with E-state index in [2.05, 4.69) is 5.32 Å². The molecule has 0 aromatic heterocycles. The van der Waals surface area contributed by atoms with Gasteiger partial charge in [0.05, 0.1) is 25.4 Å². The maximum atomic E-state index is 13.7. The predicted molar refractivity (Wildman–Crippen MR) is 118 cm³/mol. The van der Waals surface area contributed by atoms with Gasteiger partial charge in [0.25, 0.3) is 0 Å². The van der Waals surface area contributed by atoms with Crippen LogP contribution in [0.4, 0.5) is 4.39 Å². The average Bonchev–Trinajstić information content (AvgIpc) is 2.75. The zero-order valence-electron chi connectivity index (χ0n) is 19.6. The summed E-state index contributed by atoms with van der Waals surface area (Å²) < 4.78 is 29.4. The number of ether oxygens (including phenoxy) is 3. The fourth-order valence-corrected chi connectivity index (χ4v) is 4.44. The van der Waals surface area contributed by atoms with Gasteiger partial charge in [0.1, 0.15) is 18.3 Å². The van der Waals surface area contributed by atoms with Gasteiger partial charge < -0.3 is 19.5 Å². The molecule has 178 valence electrons. The van der Waals surface area contributed by atoms with Crippen LogP contribution in [-0.2, 0) is 28.6 Å². The number of carbonyl (C=O) groups is 3. The van der Waals surface area contributed by atoms with Gasteiger partial charge in [-0.3, -0.25) is 9.59 Å². The lowest BCUT2D eigenvalue weighted by molar-refractivity contribution is -0.151. The van der Waals surface area contributed by atoms with Gasteiger partial charge in [0.15, 0.2) is 5.78 Å². The summed E-state index contributed by atoms with van der Waals surface area (Å²) in [6.45, 7) is 7.60. The third kappa shape index (κ3) is 5.16. The molecule has 33 heavy (non-hydrogen) atoms. The Morgan fingerprint density at radius 3 is 2.45 bits per heavy atom. The topological polar surface area (TPSA) is 90.9 Å². The Labute approximate surface area is 193 Å². The van der Waals surface area contributed by atoms with Crippen LogP contribution >= 0.6 is 0 Å². The van der Waals surface area contributed by atoms with Crippen LogP contribution in [0.1, 0.15) is 45.6 Å². The number of halogens is 1. The van der Waals surface area contributed by atoms with E-state index in [0.717, 1.165) is 0 Å². The number of esters is 2. The number of dihydropyridines is 1. The first-order valence-corrected chi connectivity index (χ1v) is 11.0. The standard InChI is InChI=1S/C25H30FNO6/c1-13(2)32-10-11-33-25(30)20-15(4)27-18-12-14(3)19(24(29)31-5)23(28)22(18)21(20)16-6-8-17(26)9-7-16/h6-9,13-14,19,21,27H,10-12H2,1-5H3/t14-,19-,21+/m1/s1. The van der Waals surface area contributed by atoms with Crippen molar-refractivity contribution in [1.82, 2.24) is 5.32 Å². The predicted octanol–water partition coefficient (Wildman–Crippen LogP) is 3.41. The number of benzene rings is 1. The van der Waals surface area contributed by atoms with E-state index < -0.39 is 35.4 Å². The van der Waals surface area contributed by atoms with Gasteiger partial charge in [-0.25, -0.2) is 9.18 Å². The molecule has 0 amide bonds. The Bertz CT molecular complexity index is 995. The van der Waals surface area contributed by atoms with Gasteiger partial charge in [0, 0.05) is 22.9 Å². The fourth-order valence-electron chi connectivity index (χ4n) is 4.44. The number of nitrogens with one attached hydrogen (secondary N) is 1. The molecule has 0 saturated heterocycles. The molecule has 8 heteroatoms. The van der Waals surface area contributed by atoms with Crippen molar-refractivity contribution in [3.05, 3.63) is 58.2 Å². The first-order valence-electron chi connectivity index (χ1n) is 11.0. The first-order chi connectivity index (χ1) is 15.6. The number of allylic oxidation sites excluding steroid dienone is 3. The molecule has 1 heterocycles. The number of Topliss-reactive ketones (excluding diaryl/α,β-unsaturated/α-hetero) is 1. The minimum Gasteiger partial charge on any atom is -0.468 e. The minimum absolute atomic E-state index is 0.00205. The number of methoxy groups -OCH3 is 1. The molecule has 0 bridgehead atoms. The summed E-state index contributed by atoms with van der Waals surface area (Å²) in [4.78, 5) is 39.1. The average molecular weight is 460 g/mol. The Kier molecular flexibility index (Phi) is 7.68. The third-order valence-corrected chi connectivity index (χ3v) is 5.93. The van der Waals surface area contributed by atoms with E-state index in [9.17, 15) is 18.8 Å².